The molecule has 0 aliphatic carbocycles. The van der Waals surface area contributed by atoms with Crippen LogP contribution in [0.25, 0.3) is 0 Å². The van der Waals surface area contributed by atoms with Crippen LogP contribution in [0.1, 0.15) is 41.8 Å². The molecule has 0 bridgehead atoms. The topological polar surface area (TPSA) is 24.9 Å². The molecule has 1 atom stereocenters. The quantitative estimate of drug-likeness (QED) is 0.902. The van der Waals surface area contributed by atoms with Crippen LogP contribution in [0.2, 0.25) is 0 Å². The van der Waals surface area contributed by atoms with E-state index in [1.54, 1.807) is 6.92 Å². The van der Waals surface area contributed by atoms with Gasteiger partial charge in [0.05, 0.1) is 15.6 Å². The number of nitrogens with zero attached hydrogens (tertiary/aromatic N) is 1. The van der Waals surface area contributed by atoms with E-state index in [0.717, 1.165) is 42.7 Å². The third-order valence-electron chi connectivity index (χ3n) is 3.07. The number of alkyl halides is 2. The first kappa shape index (κ1) is 12.9. The first-order valence-corrected chi connectivity index (χ1v) is 6.86. The Morgan fingerprint density at radius 3 is 2.76 bits per heavy atom. The van der Waals surface area contributed by atoms with E-state index >= 15 is 0 Å². The number of piperidine rings is 1. The van der Waals surface area contributed by atoms with Crippen molar-refractivity contribution < 1.29 is 8.78 Å². The zero-order valence-electron chi connectivity index (χ0n) is 10.2. The Bertz CT molecular complexity index is 378. The van der Waals surface area contributed by atoms with E-state index in [1.807, 2.05) is 0 Å². The zero-order chi connectivity index (χ0) is 12.5. The van der Waals surface area contributed by atoms with Crippen molar-refractivity contribution in [2.45, 2.75) is 51.5 Å². The molecule has 1 aliphatic rings. The van der Waals surface area contributed by atoms with Gasteiger partial charge in [0.25, 0.3) is 5.92 Å². The third kappa shape index (κ3) is 3.22. The highest BCUT2D eigenvalue weighted by Crippen LogP contribution is 2.34. The van der Waals surface area contributed by atoms with Gasteiger partial charge in [-0.3, -0.25) is 0 Å². The van der Waals surface area contributed by atoms with Crippen molar-refractivity contribution in [3.63, 3.8) is 0 Å². The summed E-state index contributed by atoms with van der Waals surface area (Å²) >= 11 is 1.16. The molecule has 96 valence electrons. The van der Waals surface area contributed by atoms with Gasteiger partial charge in [-0.05, 0) is 26.3 Å². The summed E-state index contributed by atoms with van der Waals surface area (Å²) in [5, 5.41) is 4.25. The van der Waals surface area contributed by atoms with E-state index in [-0.39, 0.29) is 4.88 Å². The second-order valence-corrected chi connectivity index (χ2v) is 5.85. The minimum atomic E-state index is -2.76. The molecule has 0 amide bonds. The predicted molar refractivity (Wildman–Crippen MR) is 65.8 cm³/mol. The maximum absolute atomic E-state index is 13.3. The van der Waals surface area contributed by atoms with Crippen molar-refractivity contribution in [1.82, 2.24) is 10.3 Å². The molecule has 1 aromatic heterocycles. The number of aromatic nitrogens is 1. The standard InChI is InChI=1S/C12H18F2N2S/c1-8-11(12(2,13)14)17-10(16-8)7-9-5-3-4-6-15-9/h9,15H,3-7H2,1-2H3. The molecule has 1 aromatic rings. The Labute approximate surface area is 104 Å². The molecular formula is C12H18F2N2S. The second-order valence-electron chi connectivity index (χ2n) is 4.76. The van der Waals surface area contributed by atoms with Crippen LogP contribution >= 0.6 is 11.3 Å². The number of hydrogen-bond acceptors (Lipinski definition) is 3. The van der Waals surface area contributed by atoms with Gasteiger partial charge < -0.3 is 5.32 Å². The Balaban J connectivity index is 2.06. The fraction of sp³-hybridized carbons (Fsp3) is 0.750. The molecule has 1 unspecified atom stereocenters. The first-order chi connectivity index (χ1) is 7.97. The zero-order valence-corrected chi connectivity index (χ0v) is 11.0. The van der Waals surface area contributed by atoms with E-state index in [0.29, 0.717) is 11.7 Å². The molecule has 0 saturated carbocycles. The van der Waals surface area contributed by atoms with Crippen LogP contribution < -0.4 is 5.32 Å². The lowest BCUT2D eigenvalue weighted by Gasteiger charge is -2.22. The fourth-order valence-corrected chi connectivity index (χ4v) is 3.33. The van der Waals surface area contributed by atoms with E-state index in [4.69, 9.17) is 0 Å². The van der Waals surface area contributed by atoms with Crippen LogP contribution in [0.5, 0.6) is 0 Å². The molecular weight excluding hydrogens is 242 g/mol. The molecule has 2 nitrogen and oxygen atoms in total. The molecule has 0 radical (unpaired) electrons. The Morgan fingerprint density at radius 1 is 1.47 bits per heavy atom. The van der Waals surface area contributed by atoms with Crippen LogP contribution in [-0.2, 0) is 12.3 Å². The summed E-state index contributed by atoms with van der Waals surface area (Å²) in [6.45, 7) is 3.64. The molecule has 1 saturated heterocycles. The highest BCUT2D eigenvalue weighted by atomic mass is 32.1. The van der Waals surface area contributed by atoms with Crippen molar-refractivity contribution in [2.75, 3.05) is 6.54 Å². The number of rotatable bonds is 3. The molecule has 1 aliphatic heterocycles. The van der Waals surface area contributed by atoms with Crippen LogP contribution in [0.4, 0.5) is 8.78 Å². The lowest BCUT2D eigenvalue weighted by atomic mass is 10.0. The molecule has 1 N–H and O–H groups in total. The monoisotopic (exact) mass is 260 g/mol. The van der Waals surface area contributed by atoms with Gasteiger partial charge in [0.2, 0.25) is 0 Å². The van der Waals surface area contributed by atoms with Crippen molar-refractivity contribution in [3.05, 3.63) is 15.6 Å². The van der Waals surface area contributed by atoms with Gasteiger partial charge in [0.15, 0.2) is 0 Å². The lowest BCUT2D eigenvalue weighted by molar-refractivity contribution is 0.0206. The molecule has 5 heteroatoms. The Hall–Kier alpha value is -0.550. The van der Waals surface area contributed by atoms with Crippen LogP contribution in [0, 0.1) is 6.92 Å². The van der Waals surface area contributed by atoms with Crippen molar-refractivity contribution >= 4 is 11.3 Å². The molecule has 2 rings (SSSR count). The third-order valence-corrected chi connectivity index (χ3v) is 4.42. The van der Waals surface area contributed by atoms with Crippen LogP contribution in [0.3, 0.4) is 0 Å². The van der Waals surface area contributed by atoms with E-state index in [2.05, 4.69) is 10.3 Å². The maximum Gasteiger partial charge on any atom is 0.281 e. The normalized spacial score (nSPS) is 21.8. The van der Waals surface area contributed by atoms with Crippen LogP contribution in [-0.4, -0.2) is 17.6 Å². The number of aryl methyl sites for hydroxylation is 1. The number of halogens is 2. The van der Waals surface area contributed by atoms with Gasteiger partial charge in [0.1, 0.15) is 0 Å². The van der Waals surface area contributed by atoms with Gasteiger partial charge in [-0.15, -0.1) is 11.3 Å². The van der Waals surface area contributed by atoms with Gasteiger partial charge in [-0.2, -0.15) is 0 Å². The van der Waals surface area contributed by atoms with Gasteiger partial charge >= 0.3 is 0 Å². The van der Waals surface area contributed by atoms with Crippen molar-refractivity contribution in [1.29, 1.82) is 0 Å². The Kier molecular flexibility index (Phi) is 3.78. The lowest BCUT2D eigenvalue weighted by Crippen LogP contribution is -2.35. The van der Waals surface area contributed by atoms with Gasteiger partial charge in [-0.25, -0.2) is 13.8 Å². The molecule has 1 fully saturated rings. The largest absolute Gasteiger partial charge is 0.314 e. The summed E-state index contributed by atoms with van der Waals surface area (Å²) in [5.41, 5.74) is 0.480. The van der Waals surface area contributed by atoms with E-state index in [9.17, 15) is 8.78 Å². The van der Waals surface area contributed by atoms with E-state index < -0.39 is 5.92 Å². The average molecular weight is 260 g/mol. The SMILES string of the molecule is Cc1nc(CC2CCCCN2)sc1C(C)(F)F. The van der Waals surface area contributed by atoms with Gasteiger partial charge in [-0.1, -0.05) is 6.42 Å². The van der Waals surface area contributed by atoms with Crippen LogP contribution in [0.15, 0.2) is 0 Å². The number of nitrogens with one attached hydrogen (secondary N) is 1. The van der Waals surface area contributed by atoms with E-state index in [1.165, 1.54) is 12.8 Å². The fourth-order valence-electron chi connectivity index (χ4n) is 2.26. The summed E-state index contributed by atoms with van der Waals surface area (Å²) in [5.74, 6) is -2.76. The summed E-state index contributed by atoms with van der Waals surface area (Å²) in [4.78, 5) is 4.38. The molecule has 0 spiro atoms. The second kappa shape index (κ2) is 4.98. The number of thiazole rings is 1. The highest BCUT2D eigenvalue weighted by molar-refractivity contribution is 7.11. The maximum atomic E-state index is 13.3. The minimum Gasteiger partial charge on any atom is -0.314 e. The first-order valence-electron chi connectivity index (χ1n) is 6.05. The molecule has 2 heterocycles. The smallest absolute Gasteiger partial charge is 0.281 e. The predicted octanol–water partition coefficient (Wildman–Crippen LogP) is 3.25. The Morgan fingerprint density at radius 2 is 2.24 bits per heavy atom. The highest BCUT2D eigenvalue weighted by Gasteiger charge is 2.30. The average Bonchev–Trinajstić information content (AvgIpc) is 2.60. The van der Waals surface area contributed by atoms with Crippen molar-refractivity contribution in [2.24, 2.45) is 0 Å². The number of hydrogen-bond donors (Lipinski definition) is 1. The summed E-state index contributed by atoms with van der Waals surface area (Å²) in [7, 11) is 0. The summed E-state index contributed by atoms with van der Waals surface area (Å²) in [6.07, 6.45) is 4.34. The summed E-state index contributed by atoms with van der Waals surface area (Å²) in [6, 6.07) is 0.410. The minimum absolute atomic E-state index is 0.114. The summed E-state index contributed by atoms with van der Waals surface area (Å²) < 4.78 is 26.5. The molecule has 0 aromatic carbocycles. The van der Waals surface area contributed by atoms with Crippen molar-refractivity contribution in [3.8, 4) is 0 Å². The van der Waals surface area contributed by atoms with Gasteiger partial charge in [0, 0.05) is 19.4 Å². The molecule has 17 heavy (non-hydrogen) atoms.